The molecule has 1 amide bonds. The molecule has 0 bridgehead atoms. The maximum Gasteiger partial charge on any atom is 0.252 e. The number of benzene rings is 1. The third-order valence-corrected chi connectivity index (χ3v) is 9.38. The summed E-state index contributed by atoms with van der Waals surface area (Å²) in [4.78, 5) is 13.0. The van der Waals surface area contributed by atoms with Crippen LogP contribution in [0, 0.1) is 5.92 Å². The minimum absolute atomic E-state index is 0.159. The van der Waals surface area contributed by atoms with Crippen molar-refractivity contribution in [1.82, 2.24) is 9.62 Å². The van der Waals surface area contributed by atoms with Crippen molar-refractivity contribution >= 4 is 37.1 Å². The predicted octanol–water partition coefficient (Wildman–Crippen LogP) is 2.43. The molecular formula is C19H24N2O5S3. The zero-order valence-electron chi connectivity index (χ0n) is 16.2. The lowest BCUT2D eigenvalue weighted by molar-refractivity contribution is -0.126. The quantitative estimate of drug-likeness (QED) is 0.720. The van der Waals surface area contributed by atoms with Crippen molar-refractivity contribution in [3.05, 3.63) is 47.3 Å². The molecule has 2 aromatic rings. The van der Waals surface area contributed by atoms with Gasteiger partial charge in [-0.15, -0.1) is 11.3 Å². The average Bonchev–Trinajstić information content (AvgIpc) is 3.23. The van der Waals surface area contributed by atoms with E-state index in [0.717, 1.165) is 11.8 Å². The van der Waals surface area contributed by atoms with Crippen molar-refractivity contribution in [3.63, 3.8) is 0 Å². The van der Waals surface area contributed by atoms with Gasteiger partial charge in [-0.25, -0.2) is 16.8 Å². The van der Waals surface area contributed by atoms with E-state index in [1.807, 2.05) is 6.92 Å². The Kier molecular flexibility index (Phi) is 6.47. The molecular weight excluding hydrogens is 432 g/mol. The van der Waals surface area contributed by atoms with E-state index in [-0.39, 0.29) is 27.6 Å². The normalized spacial score (nSPS) is 19.6. The standard InChI is InChI=1S/C19H24N2O5S3/c1-14(15-7-9-17(10-8-15)28(2,23)24)20-19(22)16-5-3-11-21(13-16)29(25,26)18-6-4-12-27-18/h4,6-10,12,14,16H,3,5,11,13H2,1-2H3,(H,20,22)/t14-,16-/m1/s1. The van der Waals surface area contributed by atoms with Gasteiger partial charge in [-0.3, -0.25) is 4.79 Å². The van der Waals surface area contributed by atoms with Crippen molar-refractivity contribution in [1.29, 1.82) is 0 Å². The van der Waals surface area contributed by atoms with Crippen LogP contribution < -0.4 is 5.32 Å². The van der Waals surface area contributed by atoms with E-state index in [4.69, 9.17) is 0 Å². The summed E-state index contributed by atoms with van der Waals surface area (Å²) < 4.78 is 50.3. The Morgan fingerprint density at radius 2 is 1.86 bits per heavy atom. The minimum atomic E-state index is -3.57. The van der Waals surface area contributed by atoms with Gasteiger partial charge in [-0.1, -0.05) is 18.2 Å². The van der Waals surface area contributed by atoms with Crippen molar-refractivity contribution in [2.24, 2.45) is 5.92 Å². The number of carbonyl (C=O) groups is 1. The fraction of sp³-hybridized carbons (Fsp3) is 0.421. The van der Waals surface area contributed by atoms with E-state index in [9.17, 15) is 21.6 Å². The highest BCUT2D eigenvalue weighted by Gasteiger charge is 2.34. The topological polar surface area (TPSA) is 101 Å². The fourth-order valence-corrected chi connectivity index (χ4v) is 6.63. The highest BCUT2D eigenvalue weighted by atomic mass is 32.2. The SMILES string of the molecule is C[C@@H](NC(=O)[C@@H]1CCCN(S(=O)(=O)c2cccs2)C1)c1ccc(S(C)(=O)=O)cc1. The highest BCUT2D eigenvalue weighted by molar-refractivity contribution is 7.91. The molecule has 1 aromatic heterocycles. The number of hydrogen-bond acceptors (Lipinski definition) is 6. The summed E-state index contributed by atoms with van der Waals surface area (Å²) in [5.74, 6) is -0.619. The molecule has 1 aliphatic rings. The van der Waals surface area contributed by atoms with E-state index in [1.165, 1.54) is 27.8 Å². The van der Waals surface area contributed by atoms with Crippen LogP contribution in [-0.4, -0.2) is 46.4 Å². The average molecular weight is 457 g/mol. The lowest BCUT2D eigenvalue weighted by Gasteiger charge is -2.31. The molecule has 0 spiro atoms. The van der Waals surface area contributed by atoms with Crippen LogP contribution >= 0.6 is 11.3 Å². The van der Waals surface area contributed by atoms with Gasteiger partial charge in [0.05, 0.1) is 16.9 Å². The van der Waals surface area contributed by atoms with Gasteiger partial charge in [0.2, 0.25) is 5.91 Å². The molecule has 0 aliphatic carbocycles. The molecule has 7 nitrogen and oxygen atoms in total. The summed E-state index contributed by atoms with van der Waals surface area (Å²) >= 11 is 1.17. The Hall–Kier alpha value is -1.75. The van der Waals surface area contributed by atoms with Gasteiger partial charge in [0, 0.05) is 19.3 Å². The maximum atomic E-state index is 12.7. The number of thiophene rings is 1. The largest absolute Gasteiger partial charge is 0.349 e. The Morgan fingerprint density at radius 1 is 1.17 bits per heavy atom. The molecule has 1 saturated heterocycles. The van der Waals surface area contributed by atoms with Gasteiger partial charge in [-0.05, 0) is 48.9 Å². The first-order chi connectivity index (χ1) is 13.6. The van der Waals surface area contributed by atoms with Crippen LogP contribution in [-0.2, 0) is 24.7 Å². The molecule has 3 rings (SSSR count). The molecule has 1 aliphatic heterocycles. The molecule has 1 N–H and O–H groups in total. The first kappa shape index (κ1) is 21.9. The summed E-state index contributed by atoms with van der Waals surface area (Å²) in [5, 5.41) is 4.64. The van der Waals surface area contributed by atoms with Crippen molar-refractivity contribution in [2.45, 2.75) is 34.9 Å². The minimum Gasteiger partial charge on any atom is -0.349 e. The summed E-state index contributed by atoms with van der Waals surface area (Å²) in [5.41, 5.74) is 0.782. The second-order valence-electron chi connectivity index (χ2n) is 7.21. The van der Waals surface area contributed by atoms with Crippen LogP contribution in [0.5, 0.6) is 0 Å². The summed E-state index contributed by atoms with van der Waals surface area (Å²) in [7, 11) is -6.84. The van der Waals surface area contributed by atoms with Crippen molar-refractivity contribution in [2.75, 3.05) is 19.3 Å². The monoisotopic (exact) mass is 456 g/mol. The number of hydrogen-bond donors (Lipinski definition) is 1. The zero-order chi connectivity index (χ0) is 21.2. The first-order valence-electron chi connectivity index (χ1n) is 9.23. The molecule has 2 atom stereocenters. The van der Waals surface area contributed by atoms with E-state index in [0.29, 0.717) is 19.4 Å². The second kappa shape index (κ2) is 8.55. The highest BCUT2D eigenvalue weighted by Crippen LogP contribution is 2.27. The molecule has 158 valence electrons. The lowest BCUT2D eigenvalue weighted by Crippen LogP contribution is -2.45. The van der Waals surface area contributed by atoms with Gasteiger partial charge < -0.3 is 5.32 Å². The van der Waals surface area contributed by atoms with Crippen molar-refractivity contribution < 1.29 is 21.6 Å². The molecule has 29 heavy (non-hydrogen) atoms. The smallest absolute Gasteiger partial charge is 0.252 e. The van der Waals surface area contributed by atoms with Crippen LogP contribution in [0.3, 0.4) is 0 Å². The third kappa shape index (κ3) is 5.06. The summed E-state index contributed by atoms with van der Waals surface area (Å²) in [6.07, 6.45) is 2.40. The van der Waals surface area contributed by atoms with E-state index in [2.05, 4.69) is 5.32 Å². The van der Waals surface area contributed by atoms with Crippen LogP contribution in [0.2, 0.25) is 0 Å². The Balaban J connectivity index is 1.66. The van der Waals surface area contributed by atoms with Crippen molar-refractivity contribution in [3.8, 4) is 0 Å². The second-order valence-corrected chi connectivity index (χ2v) is 12.3. The van der Waals surface area contributed by atoms with Gasteiger partial charge in [0.1, 0.15) is 4.21 Å². The number of sulfone groups is 1. The van der Waals surface area contributed by atoms with Crippen LogP contribution in [0.1, 0.15) is 31.4 Å². The van der Waals surface area contributed by atoms with Gasteiger partial charge in [0.15, 0.2) is 9.84 Å². The summed E-state index contributed by atoms with van der Waals surface area (Å²) in [6, 6.07) is 9.34. The lowest BCUT2D eigenvalue weighted by atomic mass is 9.98. The van der Waals surface area contributed by atoms with E-state index in [1.54, 1.807) is 29.6 Å². The number of rotatable bonds is 6. The number of piperidine rings is 1. The summed E-state index contributed by atoms with van der Waals surface area (Å²) in [6.45, 7) is 2.38. The molecule has 1 aromatic carbocycles. The molecule has 10 heteroatoms. The Labute approximate surface area is 175 Å². The number of sulfonamides is 1. The molecule has 1 fully saturated rings. The molecule has 2 heterocycles. The maximum absolute atomic E-state index is 12.7. The number of carbonyl (C=O) groups excluding carboxylic acids is 1. The van der Waals surface area contributed by atoms with Crippen LogP contribution in [0.15, 0.2) is 50.9 Å². The van der Waals surface area contributed by atoms with Crippen LogP contribution in [0.4, 0.5) is 0 Å². The predicted molar refractivity (Wildman–Crippen MR) is 112 cm³/mol. The Bertz CT molecular complexity index is 1060. The fourth-order valence-electron chi connectivity index (χ4n) is 3.33. The van der Waals surface area contributed by atoms with Crippen LogP contribution in [0.25, 0.3) is 0 Å². The zero-order valence-corrected chi connectivity index (χ0v) is 18.7. The first-order valence-corrected chi connectivity index (χ1v) is 13.4. The van der Waals surface area contributed by atoms with E-state index < -0.39 is 25.8 Å². The number of nitrogens with one attached hydrogen (secondary N) is 1. The van der Waals surface area contributed by atoms with E-state index >= 15 is 0 Å². The number of amides is 1. The number of nitrogens with zero attached hydrogens (tertiary/aromatic N) is 1. The molecule has 0 saturated carbocycles. The molecule has 0 unspecified atom stereocenters. The third-order valence-electron chi connectivity index (χ3n) is 5.01. The molecule has 0 radical (unpaired) electrons. The van der Waals surface area contributed by atoms with Gasteiger partial charge in [0.25, 0.3) is 10.0 Å². The van der Waals surface area contributed by atoms with Gasteiger partial charge >= 0.3 is 0 Å². The van der Waals surface area contributed by atoms with Gasteiger partial charge in [-0.2, -0.15) is 4.31 Å². The Morgan fingerprint density at radius 3 is 2.45 bits per heavy atom.